The molecule has 24 heavy (non-hydrogen) atoms. The fourth-order valence-electron chi connectivity index (χ4n) is 3.59. The lowest BCUT2D eigenvalue weighted by Gasteiger charge is -2.22. The Bertz CT molecular complexity index is 1050. The topological polar surface area (TPSA) is 78.1 Å². The summed E-state index contributed by atoms with van der Waals surface area (Å²) in [6.45, 7) is 0. The van der Waals surface area contributed by atoms with E-state index in [4.69, 9.17) is 18.6 Å². The first-order chi connectivity index (χ1) is 11.6. The van der Waals surface area contributed by atoms with E-state index in [2.05, 4.69) is 0 Å². The van der Waals surface area contributed by atoms with Gasteiger partial charge in [0.05, 0.1) is 21.3 Å². The Balaban J connectivity index is 2.32. The van der Waals surface area contributed by atoms with Crippen LogP contribution in [0, 0.1) is 0 Å². The van der Waals surface area contributed by atoms with Gasteiger partial charge < -0.3 is 23.7 Å². The number of benzene rings is 2. The van der Waals surface area contributed by atoms with Crippen LogP contribution in [0.15, 0.2) is 21.3 Å². The molecule has 0 fully saturated rings. The summed E-state index contributed by atoms with van der Waals surface area (Å²) in [6, 6.07) is 3.61. The van der Waals surface area contributed by atoms with Gasteiger partial charge in [-0.05, 0) is 24.5 Å². The van der Waals surface area contributed by atoms with E-state index in [9.17, 15) is 9.90 Å². The molecule has 124 valence electrons. The predicted octanol–water partition coefficient (Wildman–Crippen LogP) is 2.78. The first-order valence-corrected chi connectivity index (χ1v) is 7.53. The van der Waals surface area contributed by atoms with Crippen LogP contribution in [0.25, 0.3) is 21.7 Å². The van der Waals surface area contributed by atoms with Crippen molar-refractivity contribution in [2.45, 2.75) is 12.8 Å². The molecule has 1 aromatic heterocycles. The summed E-state index contributed by atoms with van der Waals surface area (Å²) in [6.07, 6.45) is 1.41. The molecule has 0 unspecified atom stereocenters. The van der Waals surface area contributed by atoms with Gasteiger partial charge in [0.25, 0.3) is 0 Å². The number of methoxy groups -OCH3 is 3. The zero-order valence-electron chi connectivity index (χ0n) is 13.6. The van der Waals surface area contributed by atoms with Crippen molar-refractivity contribution in [3.05, 3.63) is 33.7 Å². The third kappa shape index (κ3) is 1.73. The van der Waals surface area contributed by atoms with E-state index in [1.165, 1.54) is 14.2 Å². The van der Waals surface area contributed by atoms with Gasteiger partial charge in [0.15, 0.2) is 11.5 Å². The van der Waals surface area contributed by atoms with Crippen molar-refractivity contribution in [1.29, 1.82) is 0 Å². The highest BCUT2D eigenvalue weighted by atomic mass is 16.5. The van der Waals surface area contributed by atoms with Crippen molar-refractivity contribution >= 4 is 21.7 Å². The largest absolute Gasteiger partial charge is 0.504 e. The van der Waals surface area contributed by atoms with E-state index in [1.54, 1.807) is 13.2 Å². The van der Waals surface area contributed by atoms with Gasteiger partial charge in [-0.2, -0.15) is 0 Å². The predicted molar refractivity (Wildman–Crippen MR) is 88.7 cm³/mol. The first-order valence-electron chi connectivity index (χ1n) is 7.53. The van der Waals surface area contributed by atoms with Crippen LogP contribution < -0.4 is 19.8 Å². The monoisotopic (exact) mass is 328 g/mol. The van der Waals surface area contributed by atoms with E-state index < -0.39 is 5.63 Å². The van der Waals surface area contributed by atoms with Crippen molar-refractivity contribution in [3.63, 3.8) is 0 Å². The molecule has 0 amide bonds. The van der Waals surface area contributed by atoms with Crippen molar-refractivity contribution in [2.24, 2.45) is 0 Å². The van der Waals surface area contributed by atoms with Crippen molar-refractivity contribution in [1.82, 2.24) is 0 Å². The molecule has 1 aliphatic rings. The van der Waals surface area contributed by atoms with Crippen LogP contribution in [0.1, 0.15) is 11.1 Å². The van der Waals surface area contributed by atoms with Crippen LogP contribution in [-0.2, 0) is 12.8 Å². The van der Waals surface area contributed by atoms with Crippen LogP contribution in [0.4, 0.5) is 0 Å². The lowest BCUT2D eigenvalue weighted by Crippen LogP contribution is -2.11. The highest BCUT2D eigenvalue weighted by Crippen LogP contribution is 2.49. The molecule has 4 rings (SSSR count). The van der Waals surface area contributed by atoms with Crippen molar-refractivity contribution < 1.29 is 23.7 Å². The molecule has 3 aromatic rings. The zero-order chi connectivity index (χ0) is 17.0. The second kappa shape index (κ2) is 5.06. The van der Waals surface area contributed by atoms with Gasteiger partial charge in [-0.3, -0.25) is 0 Å². The minimum atomic E-state index is -0.613. The highest BCUT2D eigenvalue weighted by Gasteiger charge is 2.29. The Hall–Kier alpha value is -2.89. The summed E-state index contributed by atoms with van der Waals surface area (Å²) in [5.41, 5.74) is 1.68. The number of phenolic OH excluding ortho intramolecular Hbond substituents is 1. The first kappa shape index (κ1) is 14.7. The second-order valence-electron chi connectivity index (χ2n) is 5.69. The van der Waals surface area contributed by atoms with Gasteiger partial charge >= 0.3 is 5.63 Å². The molecule has 0 bridgehead atoms. The maximum Gasteiger partial charge on any atom is 0.348 e. The highest BCUT2D eigenvalue weighted by molar-refractivity contribution is 6.13. The van der Waals surface area contributed by atoms with Gasteiger partial charge in [0.2, 0.25) is 5.75 Å². The molecule has 0 spiro atoms. The molecule has 0 radical (unpaired) electrons. The standard InChI is InChI=1S/C18H16O6/c1-21-9-6-8-4-5-10-13-12(8)11(7-9)24-18(20)14(13)15(19)17(23-3)16(10)22-2/h6-7,19H,4-5H2,1-3H3. The minimum absolute atomic E-state index is 0.126. The maximum atomic E-state index is 12.5. The van der Waals surface area contributed by atoms with Crippen LogP contribution >= 0.6 is 0 Å². The molecule has 6 nitrogen and oxygen atoms in total. The average molecular weight is 328 g/mol. The van der Waals surface area contributed by atoms with E-state index in [0.29, 0.717) is 28.9 Å². The van der Waals surface area contributed by atoms with E-state index in [-0.39, 0.29) is 16.9 Å². The molecule has 2 aromatic carbocycles. The molecule has 0 atom stereocenters. The SMILES string of the molecule is COc1cc2c3c(c1)oc(=O)c1c(O)c(OC)c(OC)c(c13)CC2. The fraction of sp³-hybridized carbons (Fsp3) is 0.278. The second-order valence-corrected chi connectivity index (χ2v) is 5.69. The smallest absolute Gasteiger partial charge is 0.348 e. The Morgan fingerprint density at radius 1 is 0.958 bits per heavy atom. The van der Waals surface area contributed by atoms with Crippen molar-refractivity contribution in [2.75, 3.05) is 21.3 Å². The molecular weight excluding hydrogens is 312 g/mol. The van der Waals surface area contributed by atoms with Gasteiger partial charge in [0.1, 0.15) is 16.7 Å². The number of ether oxygens (including phenoxy) is 3. The molecule has 1 N–H and O–H groups in total. The molecule has 1 heterocycles. The van der Waals surface area contributed by atoms with Gasteiger partial charge in [-0.15, -0.1) is 0 Å². The van der Waals surface area contributed by atoms with E-state index in [1.807, 2.05) is 6.07 Å². The van der Waals surface area contributed by atoms with Gasteiger partial charge in [-0.1, -0.05) is 0 Å². The summed E-state index contributed by atoms with van der Waals surface area (Å²) in [5.74, 6) is 0.986. The van der Waals surface area contributed by atoms with Gasteiger partial charge in [0, 0.05) is 22.4 Å². The summed E-state index contributed by atoms with van der Waals surface area (Å²) in [5, 5.41) is 12.2. The Labute approximate surface area is 137 Å². The summed E-state index contributed by atoms with van der Waals surface area (Å²) < 4.78 is 21.5. The van der Waals surface area contributed by atoms with Crippen LogP contribution in [0.2, 0.25) is 0 Å². The Morgan fingerprint density at radius 3 is 2.38 bits per heavy atom. The fourth-order valence-corrected chi connectivity index (χ4v) is 3.59. The average Bonchev–Trinajstić information content (AvgIpc) is 2.59. The molecule has 0 aliphatic heterocycles. The summed E-state index contributed by atoms with van der Waals surface area (Å²) in [7, 11) is 4.52. The molecule has 1 aliphatic carbocycles. The number of rotatable bonds is 3. The summed E-state index contributed by atoms with van der Waals surface area (Å²) in [4.78, 5) is 12.5. The molecular formula is C18H16O6. The third-order valence-electron chi connectivity index (χ3n) is 4.59. The molecule has 0 saturated carbocycles. The lowest BCUT2D eigenvalue weighted by molar-refractivity contribution is 0.332. The lowest BCUT2D eigenvalue weighted by atomic mass is 9.87. The summed E-state index contributed by atoms with van der Waals surface area (Å²) >= 11 is 0. The minimum Gasteiger partial charge on any atom is -0.504 e. The van der Waals surface area contributed by atoms with Crippen molar-refractivity contribution in [3.8, 4) is 23.0 Å². The maximum absolute atomic E-state index is 12.5. The number of aromatic hydroxyl groups is 1. The number of aryl methyl sites for hydroxylation is 2. The Morgan fingerprint density at radius 2 is 1.71 bits per heavy atom. The quantitative estimate of drug-likeness (QED) is 0.588. The number of hydrogen-bond donors (Lipinski definition) is 1. The van der Waals surface area contributed by atoms with Crippen LogP contribution in [0.5, 0.6) is 23.0 Å². The number of phenols is 1. The Kier molecular flexibility index (Phi) is 3.09. The van der Waals surface area contributed by atoms with E-state index >= 15 is 0 Å². The third-order valence-corrected chi connectivity index (χ3v) is 4.59. The zero-order valence-corrected chi connectivity index (χ0v) is 13.6. The van der Waals surface area contributed by atoms with Crippen LogP contribution in [-0.4, -0.2) is 26.4 Å². The number of hydrogen-bond acceptors (Lipinski definition) is 6. The normalized spacial score (nSPS) is 12.8. The van der Waals surface area contributed by atoms with E-state index in [0.717, 1.165) is 22.9 Å². The molecule has 6 heteroatoms. The van der Waals surface area contributed by atoms with Gasteiger partial charge in [-0.25, -0.2) is 4.79 Å². The van der Waals surface area contributed by atoms with Crippen LogP contribution in [0.3, 0.4) is 0 Å². The molecule has 0 saturated heterocycles.